The van der Waals surface area contributed by atoms with Crippen molar-refractivity contribution >= 4 is 39.5 Å². The minimum atomic E-state index is -4.43. The lowest BCUT2D eigenvalue weighted by Crippen LogP contribution is -2.41. The molecule has 3 rings (SSSR count). The third-order valence-electron chi connectivity index (χ3n) is 4.28. The van der Waals surface area contributed by atoms with Gasteiger partial charge in [-0.2, -0.15) is 13.1 Å². The zero-order chi connectivity index (χ0) is 21.3. The monoisotopic (exact) mass is 445 g/mol. The summed E-state index contributed by atoms with van der Waals surface area (Å²) < 4.78 is 54.6. The van der Waals surface area contributed by atoms with E-state index in [2.05, 4.69) is 10.0 Å². The Kier molecular flexibility index (Phi) is 5.73. The fourth-order valence-corrected chi connectivity index (χ4v) is 4.23. The molecule has 1 atom stereocenters. The van der Waals surface area contributed by atoms with Crippen molar-refractivity contribution in [3.05, 3.63) is 63.7 Å². The van der Waals surface area contributed by atoms with E-state index in [-0.39, 0.29) is 34.7 Å². The number of hydrogen-bond donors (Lipinski definition) is 4. The molecule has 0 aromatic heterocycles. The number of carbonyl (C=O) groups is 2. The first-order chi connectivity index (χ1) is 13.6. The van der Waals surface area contributed by atoms with Gasteiger partial charge in [0.25, 0.3) is 5.91 Å². The predicted molar refractivity (Wildman–Crippen MR) is 100 cm³/mol. The van der Waals surface area contributed by atoms with Crippen LogP contribution < -0.4 is 14.8 Å². The number of benzene rings is 2. The molecule has 29 heavy (non-hydrogen) atoms. The summed E-state index contributed by atoms with van der Waals surface area (Å²) in [5.41, 5.74) is 0.583. The van der Waals surface area contributed by atoms with E-state index < -0.39 is 39.9 Å². The maximum absolute atomic E-state index is 14.4. The van der Waals surface area contributed by atoms with Crippen molar-refractivity contribution in [2.24, 2.45) is 0 Å². The molecule has 1 aliphatic rings. The lowest BCUT2D eigenvalue weighted by molar-refractivity contribution is 0.102. The fourth-order valence-electron chi connectivity index (χ4n) is 3.15. The van der Waals surface area contributed by atoms with Crippen LogP contribution in [0.15, 0.2) is 30.3 Å². The maximum atomic E-state index is 14.4. The fraction of sp³-hybridized carbons (Fsp3) is 0.176. The number of carboxylic acid groups (broad SMARTS) is 1. The predicted octanol–water partition coefficient (Wildman–Crippen LogP) is 2.96. The Bertz CT molecular complexity index is 1110. The van der Waals surface area contributed by atoms with Crippen LogP contribution in [-0.4, -0.2) is 25.5 Å². The molecule has 2 aromatic carbocycles. The maximum Gasteiger partial charge on any atom is 0.419 e. The Balaban J connectivity index is 1.88. The molecule has 0 saturated carbocycles. The lowest BCUT2D eigenvalue weighted by atomic mass is 10.0. The topological polar surface area (TPSA) is 125 Å². The second-order valence-electron chi connectivity index (χ2n) is 6.19. The number of carbonyl (C=O) groups excluding carboxylic acids is 1. The summed E-state index contributed by atoms with van der Waals surface area (Å²) in [5.74, 6) is -2.00. The van der Waals surface area contributed by atoms with Crippen molar-refractivity contribution < 1.29 is 31.9 Å². The van der Waals surface area contributed by atoms with Gasteiger partial charge in [0.1, 0.15) is 11.6 Å². The first-order valence-corrected chi connectivity index (χ1v) is 10.0. The number of hydrogen-bond acceptors (Lipinski definition) is 4. The largest absolute Gasteiger partial charge is 0.464 e. The van der Waals surface area contributed by atoms with Gasteiger partial charge < -0.3 is 10.4 Å². The highest BCUT2D eigenvalue weighted by molar-refractivity contribution is 7.88. The third-order valence-corrected chi connectivity index (χ3v) is 5.60. The molecule has 0 spiro atoms. The Labute approximate surface area is 169 Å². The minimum Gasteiger partial charge on any atom is -0.464 e. The van der Waals surface area contributed by atoms with Crippen LogP contribution in [0.5, 0.6) is 0 Å². The van der Waals surface area contributed by atoms with Crippen LogP contribution in [0.1, 0.15) is 33.9 Å². The molecule has 2 aromatic rings. The molecular formula is C17H14ClF2N3O5S. The highest BCUT2D eigenvalue weighted by Crippen LogP contribution is 2.36. The molecule has 0 aliphatic heterocycles. The lowest BCUT2D eigenvalue weighted by Gasteiger charge is -2.16. The summed E-state index contributed by atoms with van der Waals surface area (Å²) in [6, 6.07) is 4.82. The Morgan fingerprint density at radius 2 is 1.83 bits per heavy atom. The summed E-state index contributed by atoms with van der Waals surface area (Å²) in [7, 11) is -4.43. The highest BCUT2D eigenvalue weighted by Gasteiger charge is 2.33. The zero-order valence-electron chi connectivity index (χ0n) is 14.5. The molecular weight excluding hydrogens is 432 g/mol. The summed E-state index contributed by atoms with van der Waals surface area (Å²) in [6.45, 7) is 0. The van der Waals surface area contributed by atoms with Crippen LogP contribution >= 0.6 is 11.6 Å². The van der Waals surface area contributed by atoms with Crippen LogP contribution in [0, 0.1) is 11.6 Å². The molecule has 154 valence electrons. The van der Waals surface area contributed by atoms with Crippen molar-refractivity contribution in [1.29, 1.82) is 0 Å². The van der Waals surface area contributed by atoms with Crippen molar-refractivity contribution in [2.75, 3.05) is 5.32 Å². The van der Waals surface area contributed by atoms with E-state index in [9.17, 15) is 26.8 Å². The van der Waals surface area contributed by atoms with Crippen LogP contribution in [0.3, 0.4) is 0 Å². The van der Waals surface area contributed by atoms with E-state index in [1.165, 1.54) is 22.9 Å². The van der Waals surface area contributed by atoms with Crippen LogP contribution in [0.25, 0.3) is 0 Å². The average molecular weight is 446 g/mol. The van der Waals surface area contributed by atoms with E-state index >= 15 is 0 Å². The second-order valence-corrected chi connectivity index (χ2v) is 8.04. The number of halogens is 3. The normalized spacial score (nSPS) is 15.6. The van der Waals surface area contributed by atoms with E-state index in [1.807, 2.05) is 0 Å². The quantitative estimate of drug-likeness (QED) is 0.563. The van der Waals surface area contributed by atoms with E-state index in [4.69, 9.17) is 16.7 Å². The molecule has 0 unspecified atom stereocenters. The smallest absolute Gasteiger partial charge is 0.419 e. The van der Waals surface area contributed by atoms with Gasteiger partial charge in [-0.15, -0.1) is 0 Å². The van der Waals surface area contributed by atoms with Crippen LogP contribution in [-0.2, 0) is 16.6 Å². The van der Waals surface area contributed by atoms with Gasteiger partial charge in [-0.05, 0) is 48.7 Å². The SMILES string of the molecule is O=C(O)NS(=O)(=O)N[C@H]1CCc2c(C(=O)Nc3ccc(F)c(Cl)c3)ccc(F)c21. The van der Waals surface area contributed by atoms with E-state index in [1.54, 1.807) is 0 Å². The van der Waals surface area contributed by atoms with Gasteiger partial charge >= 0.3 is 16.3 Å². The Morgan fingerprint density at radius 3 is 2.48 bits per heavy atom. The zero-order valence-corrected chi connectivity index (χ0v) is 16.1. The Morgan fingerprint density at radius 1 is 1.14 bits per heavy atom. The average Bonchev–Trinajstić information content (AvgIpc) is 3.01. The van der Waals surface area contributed by atoms with E-state index in [0.29, 0.717) is 5.56 Å². The summed E-state index contributed by atoms with van der Waals surface area (Å²) in [5, 5.41) is 10.9. The van der Waals surface area contributed by atoms with Crippen molar-refractivity contribution in [2.45, 2.75) is 18.9 Å². The molecule has 0 heterocycles. The molecule has 0 saturated heterocycles. The number of fused-ring (bicyclic) bond motifs is 1. The Hall–Kier alpha value is -2.76. The van der Waals surface area contributed by atoms with Gasteiger partial charge in [-0.25, -0.2) is 18.3 Å². The first kappa shape index (κ1) is 21.0. The number of amides is 2. The van der Waals surface area contributed by atoms with Gasteiger partial charge in [0, 0.05) is 16.8 Å². The van der Waals surface area contributed by atoms with Gasteiger partial charge in [0.2, 0.25) is 0 Å². The third kappa shape index (κ3) is 4.63. The summed E-state index contributed by atoms with van der Waals surface area (Å²) >= 11 is 5.69. The van der Waals surface area contributed by atoms with Gasteiger partial charge in [-0.3, -0.25) is 4.79 Å². The molecule has 12 heteroatoms. The van der Waals surface area contributed by atoms with E-state index in [0.717, 1.165) is 12.1 Å². The molecule has 0 bridgehead atoms. The molecule has 0 fully saturated rings. The van der Waals surface area contributed by atoms with Crippen LogP contribution in [0.4, 0.5) is 19.3 Å². The molecule has 0 radical (unpaired) electrons. The molecule has 1 aliphatic carbocycles. The first-order valence-electron chi connectivity index (χ1n) is 8.18. The van der Waals surface area contributed by atoms with Crippen LogP contribution in [0.2, 0.25) is 5.02 Å². The number of nitrogens with one attached hydrogen (secondary N) is 3. The molecule has 2 amide bonds. The molecule has 8 nitrogen and oxygen atoms in total. The van der Waals surface area contributed by atoms with Crippen molar-refractivity contribution in [3.8, 4) is 0 Å². The van der Waals surface area contributed by atoms with Gasteiger partial charge in [0.05, 0.1) is 11.1 Å². The number of anilines is 1. The summed E-state index contributed by atoms with van der Waals surface area (Å²) in [6.07, 6.45) is -1.48. The number of rotatable bonds is 5. The van der Waals surface area contributed by atoms with Gasteiger partial charge in [0.15, 0.2) is 0 Å². The summed E-state index contributed by atoms with van der Waals surface area (Å²) in [4.78, 5) is 23.2. The van der Waals surface area contributed by atoms with Crippen molar-refractivity contribution in [1.82, 2.24) is 9.44 Å². The highest BCUT2D eigenvalue weighted by atomic mass is 35.5. The molecule has 4 N–H and O–H groups in total. The second kappa shape index (κ2) is 7.93. The van der Waals surface area contributed by atoms with Crippen molar-refractivity contribution in [3.63, 3.8) is 0 Å². The minimum absolute atomic E-state index is 0.0365. The standard InChI is InChI=1S/C17H14ClF2N3O5S/c18-11-7-8(1-4-12(11)19)21-16(24)10-2-5-13(20)15-9(10)3-6-14(15)22-29(27,28)23-17(25)26/h1-2,4-5,7,14,22-23H,3,6H2,(H,21,24)(H,25,26)/t14-/m0/s1. The van der Waals surface area contributed by atoms with Gasteiger partial charge in [-0.1, -0.05) is 11.6 Å².